The van der Waals surface area contributed by atoms with Crippen LogP contribution in [0.2, 0.25) is 0 Å². The molecule has 102 valence electrons. The number of hydrogen-bond acceptors (Lipinski definition) is 4. The van der Waals surface area contributed by atoms with E-state index in [4.69, 9.17) is 14.2 Å². The van der Waals surface area contributed by atoms with Gasteiger partial charge in [-0.15, -0.1) is 0 Å². The van der Waals surface area contributed by atoms with Crippen LogP contribution in [0.3, 0.4) is 0 Å². The van der Waals surface area contributed by atoms with Crippen LogP contribution in [-0.4, -0.2) is 25.0 Å². The van der Waals surface area contributed by atoms with Gasteiger partial charge in [0.1, 0.15) is 11.3 Å². The SMILES string of the molecule is COc1c(C(=O)O)cccc1-c1ccc2c(c1)OCO2. The third kappa shape index (κ3) is 1.93. The molecule has 5 heteroatoms. The lowest BCUT2D eigenvalue weighted by molar-refractivity contribution is 0.0693. The average molecular weight is 272 g/mol. The Hall–Kier alpha value is -2.69. The molecule has 1 N–H and O–H groups in total. The van der Waals surface area contributed by atoms with E-state index >= 15 is 0 Å². The number of methoxy groups -OCH3 is 1. The average Bonchev–Trinajstić information content (AvgIpc) is 2.93. The monoisotopic (exact) mass is 272 g/mol. The van der Waals surface area contributed by atoms with Gasteiger partial charge in [-0.25, -0.2) is 4.79 Å². The van der Waals surface area contributed by atoms with Gasteiger partial charge in [0.05, 0.1) is 7.11 Å². The highest BCUT2D eigenvalue weighted by atomic mass is 16.7. The fraction of sp³-hybridized carbons (Fsp3) is 0.133. The molecule has 1 heterocycles. The molecule has 1 aliphatic heterocycles. The Balaban J connectivity index is 2.14. The molecule has 0 amide bonds. The molecule has 0 saturated carbocycles. The lowest BCUT2D eigenvalue weighted by Crippen LogP contribution is -2.01. The van der Waals surface area contributed by atoms with Gasteiger partial charge in [0.2, 0.25) is 6.79 Å². The van der Waals surface area contributed by atoms with Crippen LogP contribution in [0.25, 0.3) is 11.1 Å². The van der Waals surface area contributed by atoms with Crippen LogP contribution < -0.4 is 14.2 Å². The Bertz CT molecular complexity index is 678. The predicted molar refractivity (Wildman–Crippen MR) is 71.5 cm³/mol. The second kappa shape index (κ2) is 4.77. The minimum absolute atomic E-state index is 0.127. The van der Waals surface area contributed by atoms with Crippen molar-refractivity contribution in [2.45, 2.75) is 0 Å². The van der Waals surface area contributed by atoms with E-state index in [2.05, 4.69) is 0 Å². The maximum Gasteiger partial charge on any atom is 0.339 e. The molecule has 0 aromatic heterocycles. The van der Waals surface area contributed by atoms with Gasteiger partial charge in [-0.05, 0) is 23.8 Å². The first kappa shape index (κ1) is 12.3. The van der Waals surface area contributed by atoms with Crippen LogP contribution in [0.5, 0.6) is 17.2 Å². The quantitative estimate of drug-likeness (QED) is 0.930. The first-order chi connectivity index (χ1) is 9.70. The highest BCUT2D eigenvalue weighted by molar-refractivity contribution is 5.94. The Labute approximate surface area is 115 Å². The topological polar surface area (TPSA) is 65.0 Å². The zero-order valence-electron chi connectivity index (χ0n) is 10.8. The highest BCUT2D eigenvalue weighted by Crippen LogP contribution is 2.39. The van der Waals surface area contributed by atoms with E-state index in [1.165, 1.54) is 13.2 Å². The lowest BCUT2D eigenvalue weighted by atomic mass is 10.0. The molecule has 0 unspecified atom stereocenters. The van der Waals surface area contributed by atoms with Crippen LogP contribution in [0, 0.1) is 0 Å². The molecule has 0 atom stereocenters. The van der Waals surface area contributed by atoms with Crippen LogP contribution in [0.1, 0.15) is 10.4 Å². The van der Waals surface area contributed by atoms with Gasteiger partial charge in [0.25, 0.3) is 0 Å². The van der Waals surface area contributed by atoms with Gasteiger partial charge in [0, 0.05) is 5.56 Å². The summed E-state index contributed by atoms with van der Waals surface area (Å²) in [6.45, 7) is 0.199. The maximum absolute atomic E-state index is 11.2. The molecule has 0 spiro atoms. The van der Waals surface area contributed by atoms with E-state index in [1.54, 1.807) is 12.1 Å². The molecule has 0 saturated heterocycles. The number of aromatic carboxylic acids is 1. The van der Waals surface area contributed by atoms with E-state index in [9.17, 15) is 9.90 Å². The first-order valence-electron chi connectivity index (χ1n) is 6.01. The number of para-hydroxylation sites is 1. The largest absolute Gasteiger partial charge is 0.495 e. The van der Waals surface area contributed by atoms with Gasteiger partial charge in [-0.2, -0.15) is 0 Å². The van der Waals surface area contributed by atoms with Crippen molar-refractivity contribution in [1.82, 2.24) is 0 Å². The summed E-state index contributed by atoms with van der Waals surface area (Å²) < 4.78 is 15.9. The Morgan fingerprint density at radius 3 is 2.75 bits per heavy atom. The predicted octanol–water partition coefficient (Wildman–Crippen LogP) is 2.79. The minimum Gasteiger partial charge on any atom is -0.495 e. The smallest absolute Gasteiger partial charge is 0.339 e. The second-order valence-corrected chi connectivity index (χ2v) is 4.26. The van der Waals surface area contributed by atoms with Gasteiger partial charge in [-0.3, -0.25) is 0 Å². The van der Waals surface area contributed by atoms with Crippen molar-refractivity contribution in [1.29, 1.82) is 0 Å². The Kier molecular flexibility index (Phi) is 2.95. The fourth-order valence-electron chi connectivity index (χ4n) is 2.22. The van der Waals surface area contributed by atoms with Gasteiger partial charge in [0.15, 0.2) is 11.5 Å². The molecule has 0 aliphatic carbocycles. The molecule has 3 rings (SSSR count). The molecular formula is C15H12O5. The van der Waals surface area contributed by atoms with Crippen LogP contribution in [-0.2, 0) is 0 Å². The highest BCUT2D eigenvalue weighted by Gasteiger charge is 2.19. The van der Waals surface area contributed by atoms with Crippen molar-refractivity contribution >= 4 is 5.97 Å². The van der Waals surface area contributed by atoms with Crippen LogP contribution in [0.15, 0.2) is 36.4 Å². The van der Waals surface area contributed by atoms with E-state index in [0.29, 0.717) is 22.8 Å². The summed E-state index contributed by atoms with van der Waals surface area (Å²) in [4.78, 5) is 11.2. The molecule has 2 aromatic rings. The molecule has 0 fully saturated rings. The van der Waals surface area contributed by atoms with Crippen LogP contribution >= 0.6 is 0 Å². The van der Waals surface area contributed by atoms with Crippen molar-refractivity contribution < 1.29 is 24.1 Å². The molecule has 0 bridgehead atoms. The second-order valence-electron chi connectivity index (χ2n) is 4.26. The summed E-state index contributed by atoms with van der Waals surface area (Å²) in [5.74, 6) is 0.635. The number of hydrogen-bond donors (Lipinski definition) is 1. The molecule has 2 aromatic carbocycles. The molecule has 20 heavy (non-hydrogen) atoms. The number of carboxylic acids is 1. The van der Waals surface area contributed by atoms with Gasteiger partial charge in [-0.1, -0.05) is 18.2 Å². The Morgan fingerprint density at radius 1 is 1.20 bits per heavy atom. The number of ether oxygens (including phenoxy) is 3. The number of rotatable bonds is 3. The summed E-state index contributed by atoms with van der Waals surface area (Å²) in [6, 6.07) is 10.5. The zero-order valence-corrected chi connectivity index (χ0v) is 10.8. The number of benzene rings is 2. The van der Waals surface area contributed by atoms with E-state index in [1.807, 2.05) is 18.2 Å². The van der Waals surface area contributed by atoms with Crippen molar-refractivity contribution in [2.24, 2.45) is 0 Å². The van der Waals surface area contributed by atoms with Crippen LogP contribution in [0.4, 0.5) is 0 Å². The van der Waals surface area contributed by atoms with Crippen molar-refractivity contribution in [3.05, 3.63) is 42.0 Å². The molecule has 5 nitrogen and oxygen atoms in total. The third-order valence-electron chi connectivity index (χ3n) is 3.13. The Morgan fingerprint density at radius 2 is 2.00 bits per heavy atom. The normalized spacial score (nSPS) is 12.2. The number of carboxylic acid groups (broad SMARTS) is 1. The first-order valence-corrected chi connectivity index (χ1v) is 6.01. The van der Waals surface area contributed by atoms with Crippen molar-refractivity contribution in [2.75, 3.05) is 13.9 Å². The molecule has 1 aliphatic rings. The van der Waals surface area contributed by atoms with E-state index < -0.39 is 5.97 Å². The molecule has 0 radical (unpaired) electrons. The summed E-state index contributed by atoms with van der Waals surface area (Å²) in [5, 5.41) is 9.20. The standard InChI is InChI=1S/C15H12O5/c1-18-14-10(3-2-4-11(14)15(16)17)9-5-6-12-13(7-9)20-8-19-12/h2-7H,8H2,1H3,(H,16,17). The number of fused-ring (bicyclic) bond motifs is 1. The van der Waals surface area contributed by atoms with Crippen molar-refractivity contribution in [3.63, 3.8) is 0 Å². The van der Waals surface area contributed by atoms with E-state index in [-0.39, 0.29) is 12.4 Å². The fourth-order valence-corrected chi connectivity index (χ4v) is 2.22. The summed E-state index contributed by atoms with van der Waals surface area (Å²) >= 11 is 0. The summed E-state index contributed by atoms with van der Waals surface area (Å²) in [5.41, 5.74) is 1.64. The maximum atomic E-state index is 11.2. The van der Waals surface area contributed by atoms with Crippen molar-refractivity contribution in [3.8, 4) is 28.4 Å². The lowest BCUT2D eigenvalue weighted by Gasteiger charge is -2.11. The molecular weight excluding hydrogens is 260 g/mol. The third-order valence-corrected chi connectivity index (χ3v) is 3.13. The summed E-state index contributed by atoms with van der Waals surface area (Å²) in [6.07, 6.45) is 0. The number of carbonyl (C=O) groups is 1. The van der Waals surface area contributed by atoms with Gasteiger partial charge < -0.3 is 19.3 Å². The minimum atomic E-state index is -1.02. The summed E-state index contributed by atoms with van der Waals surface area (Å²) in [7, 11) is 1.46. The van der Waals surface area contributed by atoms with E-state index in [0.717, 1.165) is 5.56 Å². The zero-order chi connectivity index (χ0) is 14.1. The van der Waals surface area contributed by atoms with Gasteiger partial charge >= 0.3 is 5.97 Å².